The number of hydrogen-bond donors (Lipinski definition) is 0. The van der Waals surface area contributed by atoms with Crippen LogP contribution in [0.3, 0.4) is 0 Å². The van der Waals surface area contributed by atoms with Crippen molar-refractivity contribution in [3.63, 3.8) is 0 Å². The molecule has 0 spiro atoms. The fraction of sp³-hybridized carbons (Fsp3) is 0.391. The molecular formula is C23H26O4. The molecule has 0 saturated carbocycles. The average molecular weight is 366 g/mol. The molecule has 0 unspecified atom stereocenters. The molecule has 0 fully saturated rings. The van der Waals surface area contributed by atoms with Crippen molar-refractivity contribution >= 4 is 11.9 Å². The first kappa shape index (κ1) is 19.2. The summed E-state index contributed by atoms with van der Waals surface area (Å²) in [6, 6.07) is 18.0. The molecule has 4 heteroatoms. The Hall–Kier alpha value is -2.62. The van der Waals surface area contributed by atoms with Gasteiger partial charge in [-0.2, -0.15) is 0 Å². The summed E-state index contributed by atoms with van der Waals surface area (Å²) < 4.78 is 10.7. The predicted octanol–water partition coefficient (Wildman–Crippen LogP) is 4.05. The van der Waals surface area contributed by atoms with Crippen LogP contribution in [-0.4, -0.2) is 25.2 Å². The van der Waals surface area contributed by atoms with Crippen molar-refractivity contribution in [2.24, 2.45) is 5.41 Å². The first-order chi connectivity index (χ1) is 13.0. The average Bonchev–Trinajstić information content (AvgIpc) is 2.69. The number of fused-ring (bicyclic) bond motifs is 1. The molecule has 0 radical (unpaired) electrons. The quantitative estimate of drug-likeness (QED) is 0.592. The Kier molecular flexibility index (Phi) is 5.36. The second kappa shape index (κ2) is 7.55. The Labute approximate surface area is 160 Å². The highest BCUT2D eigenvalue weighted by molar-refractivity contribution is 6.01. The molecule has 27 heavy (non-hydrogen) atoms. The van der Waals surface area contributed by atoms with Crippen LogP contribution in [0.15, 0.2) is 54.6 Å². The summed E-state index contributed by atoms with van der Waals surface area (Å²) in [4.78, 5) is 26.1. The molecule has 0 N–H and O–H groups in total. The van der Waals surface area contributed by atoms with E-state index in [0.717, 1.165) is 16.7 Å². The highest BCUT2D eigenvalue weighted by Gasteiger charge is 2.57. The molecule has 1 aliphatic carbocycles. The van der Waals surface area contributed by atoms with Crippen LogP contribution in [0.2, 0.25) is 0 Å². The second-order valence-corrected chi connectivity index (χ2v) is 7.23. The zero-order valence-electron chi connectivity index (χ0n) is 16.2. The lowest BCUT2D eigenvalue weighted by molar-refractivity contribution is -0.174. The number of carbonyl (C=O) groups excluding carboxylic acids is 2. The molecule has 1 aliphatic rings. The van der Waals surface area contributed by atoms with E-state index >= 15 is 0 Å². The zero-order valence-corrected chi connectivity index (χ0v) is 16.2. The van der Waals surface area contributed by atoms with Crippen molar-refractivity contribution in [2.75, 3.05) is 13.2 Å². The summed E-state index contributed by atoms with van der Waals surface area (Å²) in [5.41, 5.74) is 1.34. The maximum Gasteiger partial charge on any atom is 0.323 e. The van der Waals surface area contributed by atoms with Crippen LogP contribution >= 0.6 is 0 Å². The molecule has 0 amide bonds. The normalized spacial score (nSPS) is 20.4. The Morgan fingerprint density at radius 2 is 1.44 bits per heavy atom. The van der Waals surface area contributed by atoms with Gasteiger partial charge in [-0.1, -0.05) is 61.5 Å². The SMILES string of the molecule is CCOC(=O)C1(C(=O)OCC)Cc2ccccc2[C@@](C)(c2ccccc2)C1. The fourth-order valence-electron chi connectivity index (χ4n) is 4.27. The van der Waals surface area contributed by atoms with Crippen molar-refractivity contribution in [3.05, 3.63) is 71.3 Å². The third-order valence-electron chi connectivity index (χ3n) is 5.50. The molecule has 3 rings (SSSR count). The highest BCUT2D eigenvalue weighted by Crippen LogP contribution is 2.50. The summed E-state index contributed by atoms with van der Waals surface area (Å²) >= 11 is 0. The van der Waals surface area contributed by atoms with E-state index in [1.54, 1.807) is 13.8 Å². The van der Waals surface area contributed by atoms with Crippen molar-refractivity contribution in [2.45, 2.75) is 39.0 Å². The number of rotatable bonds is 5. The van der Waals surface area contributed by atoms with E-state index in [0.29, 0.717) is 12.8 Å². The van der Waals surface area contributed by atoms with Crippen LogP contribution in [0.4, 0.5) is 0 Å². The van der Waals surface area contributed by atoms with E-state index in [1.165, 1.54) is 0 Å². The molecule has 2 aromatic carbocycles. The molecule has 0 aliphatic heterocycles. The molecule has 0 heterocycles. The van der Waals surface area contributed by atoms with Crippen molar-refractivity contribution < 1.29 is 19.1 Å². The smallest absolute Gasteiger partial charge is 0.323 e. The maximum atomic E-state index is 13.0. The lowest BCUT2D eigenvalue weighted by Gasteiger charge is -2.44. The summed E-state index contributed by atoms with van der Waals surface area (Å²) in [7, 11) is 0. The van der Waals surface area contributed by atoms with Crippen LogP contribution in [0, 0.1) is 5.41 Å². The molecule has 142 valence electrons. The minimum atomic E-state index is -1.34. The molecule has 2 aromatic rings. The van der Waals surface area contributed by atoms with Gasteiger partial charge in [0.2, 0.25) is 0 Å². The van der Waals surface area contributed by atoms with Gasteiger partial charge in [0.25, 0.3) is 0 Å². The van der Waals surface area contributed by atoms with E-state index in [4.69, 9.17) is 9.47 Å². The van der Waals surface area contributed by atoms with E-state index in [9.17, 15) is 9.59 Å². The lowest BCUT2D eigenvalue weighted by atomic mass is 9.58. The Bertz CT molecular complexity index is 809. The molecule has 4 nitrogen and oxygen atoms in total. The van der Waals surface area contributed by atoms with Crippen LogP contribution < -0.4 is 0 Å². The number of ether oxygens (including phenoxy) is 2. The van der Waals surface area contributed by atoms with E-state index < -0.39 is 22.8 Å². The number of benzene rings is 2. The Balaban J connectivity index is 2.21. The standard InChI is InChI=1S/C23H26O4/c1-4-26-20(24)23(21(25)27-5-2)15-17-11-9-10-14-19(17)22(3,16-23)18-12-7-6-8-13-18/h6-14H,4-5,15-16H2,1-3H3/t22-/m1/s1. The van der Waals surface area contributed by atoms with Gasteiger partial charge in [-0.3, -0.25) is 9.59 Å². The zero-order chi connectivity index (χ0) is 19.5. The summed E-state index contributed by atoms with van der Waals surface area (Å²) in [6.07, 6.45) is 0.613. The predicted molar refractivity (Wildman–Crippen MR) is 103 cm³/mol. The first-order valence-corrected chi connectivity index (χ1v) is 9.46. The molecule has 0 saturated heterocycles. The molecule has 0 bridgehead atoms. The van der Waals surface area contributed by atoms with Gasteiger partial charge in [-0.05, 0) is 43.4 Å². The van der Waals surface area contributed by atoms with Crippen LogP contribution in [0.5, 0.6) is 0 Å². The van der Waals surface area contributed by atoms with Crippen molar-refractivity contribution in [1.29, 1.82) is 0 Å². The molecule has 0 aromatic heterocycles. The summed E-state index contributed by atoms with van der Waals surface area (Å²) in [5.74, 6) is -1.000. The largest absolute Gasteiger partial charge is 0.465 e. The summed E-state index contributed by atoms with van der Waals surface area (Å²) in [6.45, 7) is 6.05. The van der Waals surface area contributed by atoms with Gasteiger partial charge in [-0.25, -0.2) is 0 Å². The lowest BCUT2D eigenvalue weighted by Crippen LogP contribution is -2.51. The van der Waals surface area contributed by atoms with Crippen molar-refractivity contribution in [1.82, 2.24) is 0 Å². The van der Waals surface area contributed by atoms with Gasteiger partial charge in [0.1, 0.15) is 0 Å². The highest BCUT2D eigenvalue weighted by atomic mass is 16.6. The number of carbonyl (C=O) groups is 2. The topological polar surface area (TPSA) is 52.6 Å². The third-order valence-corrected chi connectivity index (χ3v) is 5.50. The van der Waals surface area contributed by atoms with Gasteiger partial charge >= 0.3 is 11.9 Å². The van der Waals surface area contributed by atoms with Crippen LogP contribution in [0.1, 0.15) is 43.9 Å². The fourth-order valence-corrected chi connectivity index (χ4v) is 4.27. The minimum Gasteiger partial charge on any atom is -0.465 e. The maximum absolute atomic E-state index is 13.0. The van der Waals surface area contributed by atoms with Gasteiger partial charge in [0.05, 0.1) is 13.2 Å². The van der Waals surface area contributed by atoms with E-state index in [2.05, 4.69) is 13.0 Å². The Morgan fingerprint density at radius 1 is 0.889 bits per heavy atom. The molecule has 1 atom stereocenters. The first-order valence-electron chi connectivity index (χ1n) is 9.46. The van der Waals surface area contributed by atoms with Gasteiger partial charge < -0.3 is 9.47 Å². The number of hydrogen-bond acceptors (Lipinski definition) is 4. The van der Waals surface area contributed by atoms with Crippen molar-refractivity contribution in [3.8, 4) is 0 Å². The third kappa shape index (κ3) is 3.25. The summed E-state index contributed by atoms with van der Waals surface area (Å²) in [5, 5.41) is 0. The second-order valence-electron chi connectivity index (χ2n) is 7.23. The monoisotopic (exact) mass is 366 g/mol. The van der Waals surface area contributed by atoms with Crippen LogP contribution in [-0.2, 0) is 30.9 Å². The van der Waals surface area contributed by atoms with Gasteiger partial charge in [0, 0.05) is 5.41 Å². The Morgan fingerprint density at radius 3 is 2.04 bits per heavy atom. The number of esters is 2. The van der Waals surface area contributed by atoms with Gasteiger partial charge in [0.15, 0.2) is 5.41 Å². The van der Waals surface area contributed by atoms with Crippen LogP contribution in [0.25, 0.3) is 0 Å². The van der Waals surface area contributed by atoms with E-state index in [-0.39, 0.29) is 13.2 Å². The minimum absolute atomic E-state index is 0.226. The van der Waals surface area contributed by atoms with Gasteiger partial charge in [-0.15, -0.1) is 0 Å². The van der Waals surface area contributed by atoms with E-state index in [1.807, 2.05) is 48.5 Å². The molecular weight excluding hydrogens is 340 g/mol.